The summed E-state index contributed by atoms with van der Waals surface area (Å²) in [5.74, 6) is -0.102. The number of aromatic nitrogens is 4. The Morgan fingerprint density at radius 1 is 0.875 bits per heavy atom. The van der Waals surface area contributed by atoms with Crippen molar-refractivity contribution in [2.24, 2.45) is 0 Å². The van der Waals surface area contributed by atoms with Crippen molar-refractivity contribution in [1.82, 2.24) is 24.6 Å². The Morgan fingerprint density at radius 3 is 2.38 bits per heavy atom. The van der Waals surface area contributed by atoms with Crippen LogP contribution < -0.4 is 0 Å². The van der Waals surface area contributed by atoms with Crippen molar-refractivity contribution in [1.29, 1.82) is 0 Å². The summed E-state index contributed by atoms with van der Waals surface area (Å²) in [6.45, 7) is 4.22. The fraction of sp³-hybridized carbons (Fsp3) is 0.258. The minimum absolute atomic E-state index is 0.264. The number of imidazole rings is 1. The van der Waals surface area contributed by atoms with Crippen LogP contribution in [0.5, 0.6) is 0 Å². The van der Waals surface area contributed by atoms with Gasteiger partial charge < -0.3 is 14.6 Å². The van der Waals surface area contributed by atoms with E-state index < -0.39 is 5.97 Å². The molecular formula is C31H29Cl2N5O2. The summed E-state index contributed by atoms with van der Waals surface area (Å²) in [5, 5.41) is 17.7. The van der Waals surface area contributed by atoms with Crippen LogP contribution in [-0.4, -0.2) is 55.4 Å². The highest BCUT2D eigenvalue weighted by molar-refractivity contribution is 6.42. The number of hydrogen-bond acceptors (Lipinski definition) is 4. The molecule has 9 heteroatoms. The van der Waals surface area contributed by atoms with Crippen molar-refractivity contribution in [3.63, 3.8) is 0 Å². The van der Waals surface area contributed by atoms with Gasteiger partial charge in [-0.15, -0.1) is 0 Å². The topological polar surface area (TPSA) is 87.0 Å². The molecule has 0 unspecified atom stereocenters. The maximum absolute atomic E-state index is 11.3. The molecule has 1 aliphatic heterocycles. The van der Waals surface area contributed by atoms with E-state index in [0.29, 0.717) is 10.0 Å². The van der Waals surface area contributed by atoms with Gasteiger partial charge in [0.15, 0.2) is 0 Å². The quantitative estimate of drug-likeness (QED) is 0.199. The van der Waals surface area contributed by atoms with Crippen molar-refractivity contribution in [2.45, 2.75) is 32.2 Å². The number of carboxylic acids is 1. The molecule has 204 valence electrons. The molecule has 0 atom stereocenters. The van der Waals surface area contributed by atoms with Gasteiger partial charge in [-0.05, 0) is 86.4 Å². The third-order valence-corrected chi connectivity index (χ3v) is 8.35. The lowest BCUT2D eigenvalue weighted by molar-refractivity contribution is 0.0697. The summed E-state index contributed by atoms with van der Waals surface area (Å²) in [7, 11) is 0. The van der Waals surface area contributed by atoms with Gasteiger partial charge in [-0.1, -0.05) is 53.9 Å². The number of aromatic amines is 1. The van der Waals surface area contributed by atoms with Crippen LogP contribution in [0.15, 0.2) is 66.9 Å². The molecule has 0 amide bonds. The fourth-order valence-corrected chi connectivity index (χ4v) is 5.81. The minimum atomic E-state index is -0.937. The number of likely N-dealkylation sites (tertiary alicyclic amines) is 1. The molecule has 1 aliphatic rings. The lowest BCUT2D eigenvalue weighted by atomic mass is 10.0. The summed E-state index contributed by atoms with van der Waals surface area (Å²) in [5.41, 5.74) is 6.69. The first kappa shape index (κ1) is 26.6. The lowest BCUT2D eigenvalue weighted by Crippen LogP contribution is -2.31. The van der Waals surface area contributed by atoms with E-state index in [1.807, 2.05) is 30.5 Å². The third kappa shape index (κ3) is 5.37. The molecule has 5 aromatic rings. The maximum Gasteiger partial charge on any atom is 0.335 e. The number of nitrogens with one attached hydrogen (secondary N) is 1. The lowest BCUT2D eigenvalue weighted by Gasteiger charge is -2.26. The van der Waals surface area contributed by atoms with E-state index >= 15 is 0 Å². The number of carboxylic acid groups (broad SMARTS) is 1. The molecule has 0 aliphatic carbocycles. The van der Waals surface area contributed by atoms with E-state index in [4.69, 9.17) is 28.2 Å². The van der Waals surface area contributed by atoms with Crippen LogP contribution in [0.4, 0.5) is 0 Å². The number of H-pyrrole nitrogens is 1. The number of nitrogens with zero attached hydrogens (tertiary/aromatic N) is 4. The van der Waals surface area contributed by atoms with Crippen LogP contribution in [0.3, 0.4) is 0 Å². The van der Waals surface area contributed by atoms with Crippen LogP contribution in [0.1, 0.15) is 36.0 Å². The molecule has 1 fully saturated rings. The first-order valence-electron chi connectivity index (χ1n) is 13.5. The SMILES string of the molecule is O=C(O)c1ccc(-c2ccc3c(c2)nc(-c2cn[nH]c2-c2ccc(Cl)c(Cl)c2)n3CCCN2CCCCC2)cc1. The van der Waals surface area contributed by atoms with Gasteiger partial charge >= 0.3 is 5.97 Å². The van der Waals surface area contributed by atoms with Crippen LogP contribution in [0.2, 0.25) is 10.0 Å². The third-order valence-electron chi connectivity index (χ3n) is 7.61. The number of benzene rings is 3. The zero-order chi connectivity index (χ0) is 27.6. The Bertz CT molecular complexity index is 1670. The standard InChI is InChI=1S/C31H29Cl2N5O2/c32-25-11-9-23(17-26(25)33)29-24(19-34-36-29)30-35-27-18-22(20-5-7-21(8-6-20)31(39)40)10-12-28(27)38(30)16-4-15-37-13-2-1-3-14-37/h5-12,17-19H,1-4,13-16H2,(H,34,36)(H,39,40). The molecule has 6 rings (SSSR count). The minimum Gasteiger partial charge on any atom is -0.478 e. The highest BCUT2D eigenvalue weighted by Gasteiger charge is 2.20. The van der Waals surface area contributed by atoms with Gasteiger partial charge in [0.1, 0.15) is 5.82 Å². The summed E-state index contributed by atoms with van der Waals surface area (Å²) in [4.78, 5) is 19.0. The van der Waals surface area contributed by atoms with E-state index in [2.05, 4.69) is 37.9 Å². The average Bonchev–Trinajstić information content (AvgIpc) is 3.60. The molecule has 1 saturated heterocycles. The number of aromatic carboxylic acids is 1. The highest BCUT2D eigenvalue weighted by atomic mass is 35.5. The van der Waals surface area contributed by atoms with E-state index in [9.17, 15) is 9.90 Å². The van der Waals surface area contributed by atoms with Crippen LogP contribution >= 0.6 is 23.2 Å². The van der Waals surface area contributed by atoms with Crippen molar-refractivity contribution >= 4 is 40.2 Å². The smallest absolute Gasteiger partial charge is 0.335 e. The molecule has 7 nitrogen and oxygen atoms in total. The second-order valence-electron chi connectivity index (χ2n) is 10.2. The predicted molar refractivity (Wildman–Crippen MR) is 160 cm³/mol. The van der Waals surface area contributed by atoms with Crippen LogP contribution in [0, 0.1) is 0 Å². The Kier molecular flexibility index (Phi) is 7.61. The van der Waals surface area contributed by atoms with Crippen molar-refractivity contribution in [3.05, 3.63) is 82.5 Å². The second kappa shape index (κ2) is 11.5. The first-order valence-corrected chi connectivity index (χ1v) is 14.3. The van der Waals surface area contributed by atoms with Crippen LogP contribution in [0.25, 0.3) is 44.8 Å². The molecule has 40 heavy (non-hydrogen) atoms. The zero-order valence-corrected chi connectivity index (χ0v) is 23.4. The highest BCUT2D eigenvalue weighted by Crippen LogP contribution is 2.36. The van der Waals surface area contributed by atoms with E-state index in [-0.39, 0.29) is 5.56 Å². The number of rotatable bonds is 8. The molecule has 0 saturated carbocycles. The monoisotopic (exact) mass is 573 g/mol. The van der Waals surface area contributed by atoms with Crippen molar-refractivity contribution < 1.29 is 9.90 Å². The van der Waals surface area contributed by atoms with E-state index in [1.165, 1.54) is 32.4 Å². The van der Waals surface area contributed by atoms with Gasteiger partial charge in [-0.25, -0.2) is 9.78 Å². The molecule has 2 N–H and O–H groups in total. The average molecular weight is 575 g/mol. The van der Waals surface area contributed by atoms with E-state index in [0.717, 1.165) is 64.3 Å². The van der Waals surface area contributed by atoms with Gasteiger partial charge in [0.05, 0.1) is 44.1 Å². The second-order valence-corrected chi connectivity index (χ2v) is 11.0. The Hall–Kier alpha value is -3.65. The van der Waals surface area contributed by atoms with Gasteiger partial charge in [0.2, 0.25) is 0 Å². The van der Waals surface area contributed by atoms with Gasteiger partial charge in [0.25, 0.3) is 0 Å². The molecule has 0 spiro atoms. The summed E-state index contributed by atoms with van der Waals surface area (Å²) in [6.07, 6.45) is 6.70. The zero-order valence-electron chi connectivity index (χ0n) is 21.9. The van der Waals surface area contributed by atoms with Crippen LogP contribution in [-0.2, 0) is 6.54 Å². The number of halogens is 2. The van der Waals surface area contributed by atoms with Gasteiger partial charge in [-0.3, -0.25) is 5.10 Å². The van der Waals surface area contributed by atoms with Gasteiger partial charge in [0, 0.05) is 12.1 Å². The maximum atomic E-state index is 11.3. The Labute approximate surface area is 242 Å². The molecule has 2 aromatic heterocycles. The number of fused-ring (bicyclic) bond motifs is 1. The summed E-state index contributed by atoms with van der Waals surface area (Å²) < 4.78 is 2.28. The molecule has 0 radical (unpaired) electrons. The number of aryl methyl sites for hydroxylation is 1. The van der Waals surface area contributed by atoms with Gasteiger partial charge in [-0.2, -0.15) is 5.10 Å². The van der Waals surface area contributed by atoms with Crippen molar-refractivity contribution in [3.8, 4) is 33.8 Å². The molecule has 0 bridgehead atoms. The largest absolute Gasteiger partial charge is 0.478 e. The molecule has 3 aromatic carbocycles. The molecule has 3 heterocycles. The number of hydrogen-bond donors (Lipinski definition) is 2. The Morgan fingerprint density at radius 2 is 1.62 bits per heavy atom. The summed E-state index contributed by atoms with van der Waals surface area (Å²) in [6, 6.07) is 18.7. The predicted octanol–water partition coefficient (Wildman–Crippen LogP) is 7.64. The number of carbonyl (C=O) groups is 1. The first-order chi connectivity index (χ1) is 19.5. The summed E-state index contributed by atoms with van der Waals surface area (Å²) >= 11 is 12.5. The normalized spacial score (nSPS) is 14.2. The van der Waals surface area contributed by atoms with E-state index in [1.54, 1.807) is 18.2 Å². The Balaban J connectivity index is 1.39. The molecular weight excluding hydrogens is 545 g/mol. The number of piperidine rings is 1. The fourth-order valence-electron chi connectivity index (χ4n) is 5.51. The van der Waals surface area contributed by atoms with Crippen molar-refractivity contribution in [2.75, 3.05) is 19.6 Å².